The van der Waals surface area contributed by atoms with E-state index in [2.05, 4.69) is 12.2 Å². The van der Waals surface area contributed by atoms with Gasteiger partial charge in [-0.3, -0.25) is 0 Å². The maximum Gasteiger partial charge on any atom is 0.0765 e. The third kappa shape index (κ3) is 1.42. The lowest BCUT2D eigenvalue weighted by Crippen LogP contribution is -2.30. The van der Waals surface area contributed by atoms with Gasteiger partial charge in [-0.1, -0.05) is 6.42 Å². The molecule has 64 valence electrons. The summed E-state index contributed by atoms with van der Waals surface area (Å²) >= 11 is 0. The summed E-state index contributed by atoms with van der Waals surface area (Å²) in [5, 5.41) is 3.46. The smallest absolute Gasteiger partial charge is 0.0765 e. The molecule has 0 bridgehead atoms. The molecule has 2 aliphatic rings. The zero-order valence-electron chi connectivity index (χ0n) is 7.18. The number of hydrogen-bond donors (Lipinski definition) is 1. The van der Waals surface area contributed by atoms with Crippen LogP contribution in [0.1, 0.15) is 26.2 Å². The highest BCUT2D eigenvalue weighted by Gasteiger charge is 2.34. The fraction of sp³-hybridized carbons (Fsp3) is 1.00. The van der Waals surface area contributed by atoms with Gasteiger partial charge < -0.3 is 10.1 Å². The van der Waals surface area contributed by atoms with Gasteiger partial charge in [0.25, 0.3) is 0 Å². The molecule has 3 unspecified atom stereocenters. The van der Waals surface area contributed by atoms with E-state index in [4.69, 9.17) is 4.74 Å². The van der Waals surface area contributed by atoms with E-state index in [1.807, 2.05) is 0 Å². The molecule has 2 nitrogen and oxygen atoms in total. The highest BCUT2D eigenvalue weighted by molar-refractivity contribution is 4.89. The first-order valence-electron chi connectivity index (χ1n) is 4.73. The number of ether oxygens (including phenoxy) is 1. The zero-order chi connectivity index (χ0) is 7.68. The number of nitrogens with one attached hydrogen (secondary N) is 1. The Kier molecular flexibility index (Phi) is 2.14. The van der Waals surface area contributed by atoms with Crippen LogP contribution in [0.5, 0.6) is 0 Å². The van der Waals surface area contributed by atoms with Crippen LogP contribution in [0.2, 0.25) is 0 Å². The summed E-state index contributed by atoms with van der Waals surface area (Å²) in [6.07, 6.45) is 4.50. The van der Waals surface area contributed by atoms with Gasteiger partial charge in [-0.25, -0.2) is 0 Å². The van der Waals surface area contributed by atoms with Crippen molar-refractivity contribution in [3.05, 3.63) is 0 Å². The molecule has 2 aliphatic heterocycles. The van der Waals surface area contributed by atoms with Crippen LogP contribution in [0, 0.1) is 5.92 Å². The first-order valence-corrected chi connectivity index (χ1v) is 4.73. The maximum absolute atomic E-state index is 5.78. The van der Waals surface area contributed by atoms with Gasteiger partial charge in [0.05, 0.1) is 6.10 Å². The van der Waals surface area contributed by atoms with Crippen LogP contribution in [0.3, 0.4) is 0 Å². The Hall–Kier alpha value is -0.0800. The van der Waals surface area contributed by atoms with Crippen LogP contribution >= 0.6 is 0 Å². The van der Waals surface area contributed by atoms with Crippen LogP contribution in [-0.4, -0.2) is 25.3 Å². The fourth-order valence-corrected chi connectivity index (χ4v) is 2.25. The normalized spacial score (nSPS) is 45.0. The Bertz CT molecular complexity index is 138. The molecule has 0 amide bonds. The van der Waals surface area contributed by atoms with E-state index >= 15 is 0 Å². The van der Waals surface area contributed by atoms with Gasteiger partial charge in [-0.15, -0.1) is 0 Å². The van der Waals surface area contributed by atoms with E-state index in [-0.39, 0.29) is 0 Å². The minimum atomic E-state index is 0.512. The third-order valence-electron chi connectivity index (χ3n) is 2.94. The summed E-state index contributed by atoms with van der Waals surface area (Å²) in [6.45, 7) is 4.38. The van der Waals surface area contributed by atoms with E-state index < -0.39 is 0 Å². The highest BCUT2D eigenvalue weighted by Crippen LogP contribution is 2.26. The SMILES string of the molecule is CC1NCC2CCCCOC21. The fourth-order valence-electron chi connectivity index (χ4n) is 2.25. The maximum atomic E-state index is 5.78. The van der Waals surface area contributed by atoms with E-state index in [0.717, 1.165) is 12.5 Å². The second-order valence-corrected chi connectivity index (χ2v) is 3.79. The van der Waals surface area contributed by atoms with Crippen LogP contribution in [0.4, 0.5) is 0 Å². The van der Waals surface area contributed by atoms with Gasteiger partial charge in [-0.05, 0) is 25.7 Å². The molecule has 0 aliphatic carbocycles. The van der Waals surface area contributed by atoms with Gasteiger partial charge in [0, 0.05) is 19.2 Å². The lowest BCUT2D eigenvalue weighted by Gasteiger charge is -2.18. The predicted octanol–water partition coefficient (Wildman–Crippen LogP) is 1.16. The molecule has 3 atom stereocenters. The second kappa shape index (κ2) is 3.11. The van der Waals surface area contributed by atoms with Crippen molar-refractivity contribution in [3.63, 3.8) is 0 Å². The van der Waals surface area contributed by atoms with Crippen molar-refractivity contribution in [3.8, 4) is 0 Å². The van der Waals surface area contributed by atoms with Crippen molar-refractivity contribution in [1.29, 1.82) is 0 Å². The Balaban J connectivity index is 2.00. The molecule has 0 radical (unpaired) electrons. The molecule has 0 aromatic heterocycles. The topological polar surface area (TPSA) is 21.3 Å². The summed E-state index contributed by atoms with van der Waals surface area (Å²) in [6, 6.07) is 0.582. The molecular weight excluding hydrogens is 138 g/mol. The second-order valence-electron chi connectivity index (χ2n) is 3.79. The molecule has 0 saturated carbocycles. The Morgan fingerprint density at radius 2 is 2.27 bits per heavy atom. The van der Waals surface area contributed by atoms with E-state index in [1.165, 1.54) is 25.8 Å². The first kappa shape index (κ1) is 7.56. The molecule has 2 saturated heterocycles. The number of hydrogen-bond acceptors (Lipinski definition) is 2. The van der Waals surface area contributed by atoms with Crippen LogP contribution < -0.4 is 5.32 Å². The standard InChI is InChI=1S/C9H17NO/c1-7-9-8(6-10-7)4-2-3-5-11-9/h7-10H,2-6H2,1H3. The van der Waals surface area contributed by atoms with E-state index in [1.54, 1.807) is 0 Å². The number of rotatable bonds is 0. The Morgan fingerprint density at radius 1 is 1.36 bits per heavy atom. The van der Waals surface area contributed by atoms with E-state index in [9.17, 15) is 0 Å². The summed E-state index contributed by atoms with van der Waals surface area (Å²) in [5.41, 5.74) is 0. The third-order valence-corrected chi connectivity index (χ3v) is 2.94. The van der Waals surface area contributed by atoms with E-state index in [0.29, 0.717) is 12.1 Å². The highest BCUT2D eigenvalue weighted by atomic mass is 16.5. The molecule has 1 N–H and O–H groups in total. The minimum absolute atomic E-state index is 0.512. The molecule has 11 heavy (non-hydrogen) atoms. The molecule has 0 aromatic rings. The summed E-state index contributed by atoms with van der Waals surface area (Å²) in [7, 11) is 0. The first-order chi connectivity index (χ1) is 5.38. The van der Waals surface area contributed by atoms with Crippen LogP contribution in [-0.2, 0) is 4.74 Å². The quantitative estimate of drug-likeness (QED) is 0.567. The van der Waals surface area contributed by atoms with Gasteiger partial charge >= 0.3 is 0 Å². The van der Waals surface area contributed by atoms with Gasteiger partial charge in [0.1, 0.15) is 0 Å². The van der Waals surface area contributed by atoms with Crippen molar-refractivity contribution in [2.75, 3.05) is 13.2 Å². The summed E-state index contributed by atoms with van der Waals surface area (Å²) < 4.78 is 5.78. The van der Waals surface area contributed by atoms with Crippen molar-refractivity contribution in [2.24, 2.45) is 5.92 Å². The van der Waals surface area contributed by atoms with Crippen molar-refractivity contribution in [1.82, 2.24) is 5.32 Å². The molecule has 2 rings (SSSR count). The minimum Gasteiger partial charge on any atom is -0.376 e. The summed E-state index contributed by atoms with van der Waals surface area (Å²) in [4.78, 5) is 0. The van der Waals surface area contributed by atoms with Gasteiger partial charge in [0.2, 0.25) is 0 Å². The average Bonchev–Trinajstić information content (AvgIpc) is 2.25. The van der Waals surface area contributed by atoms with Crippen molar-refractivity contribution >= 4 is 0 Å². The van der Waals surface area contributed by atoms with Crippen LogP contribution in [0.15, 0.2) is 0 Å². The molecule has 2 heterocycles. The van der Waals surface area contributed by atoms with Crippen molar-refractivity contribution in [2.45, 2.75) is 38.3 Å². The monoisotopic (exact) mass is 155 g/mol. The van der Waals surface area contributed by atoms with Gasteiger partial charge in [-0.2, -0.15) is 0 Å². The van der Waals surface area contributed by atoms with Crippen LogP contribution in [0.25, 0.3) is 0 Å². The number of fused-ring (bicyclic) bond motifs is 1. The largest absolute Gasteiger partial charge is 0.376 e. The lowest BCUT2D eigenvalue weighted by atomic mass is 9.98. The lowest BCUT2D eigenvalue weighted by molar-refractivity contribution is 0.0334. The Morgan fingerprint density at radius 3 is 3.18 bits per heavy atom. The average molecular weight is 155 g/mol. The molecular formula is C9H17NO. The summed E-state index contributed by atoms with van der Waals surface area (Å²) in [5.74, 6) is 0.799. The molecule has 0 spiro atoms. The zero-order valence-corrected chi connectivity index (χ0v) is 7.18. The van der Waals surface area contributed by atoms with Gasteiger partial charge in [0.15, 0.2) is 0 Å². The molecule has 2 fully saturated rings. The predicted molar refractivity (Wildman–Crippen MR) is 44.5 cm³/mol. The molecule has 2 heteroatoms. The molecule has 0 aromatic carbocycles. The Labute approximate surface area is 68.3 Å². The van der Waals surface area contributed by atoms with Crippen molar-refractivity contribution < 1.29 is 4.74 Å².